The molecule has 0 atom stereocenters. The first-order valence-electron chi connectivity index (χ1n) is 5.88. The van der Waals surface area contributed by atoms with Gasteiger partial charge in [0.25, 0.3) is 0 Å². The third-order valence-corrected chi connectivity index (χ3v) is 2.86. The third-order valence-electron chi connectivity index (χ3n) is 2.86. The molecular formula is C14H17N3. The summed E-state index contributed by atoms with van der Waals surface area (Å²) in [5, 5.41) is 0. The Balaban J connectivity index is 2.45. The second-order valence-electron chi connectivity index (χ2n) is 4.18. The lowest BCUT2D eigenvalue weighted by Crippen LogP contribution is -1.98. The van der Waals surface area contributed by atoms with Crippen molar-refractivity contribution in [1.29, 1.82) is 0 Å². The van der Waals surface area contributed by atoms with Gasteiger partial charge in [0.05, 0.1) is 5.69 Å². The van der Waals surface area contributed by atoms with Gasteiger partial charge in [0, 0.05) is 11.1 Å². The van der Waals surface area contributed by atoms with Crippen LogP contribution in [0.15, 0.2) is 30.6 Å². The van der Waals surface area contributed by atoms with Crippen LogP contribution in [-0.4, -0.2) is 9.97 Å². The van der Waals surface area contributed by atoms with Crippen molar-refractivity contribution in [2.75, 3.05) is 5.73 Å². The van der Waals surface area contributed by atoms with Gasteiger partial charge in [0.15, 0.2) is 0 Å². The van der Waals surface area contributed by atoms with Crippen LogP contribution in [0, 0.1) is 6.92 Å². The van der Waals surface area contributed by atoms with Crippen molar-refractivity contribution in [3.8, 4) is 11.3 Å². The van der Waals surface area contributed by atoms with Gasteiger partial charge in [-0.05, 0) is 25.0 Å². The van der Waals surface area contributed by atoms with Gasteiger partial charge >= 0.3 is 0 Å². The Morgan fingerprint density at radius 1 is 1.24 bits per heavy atom. The maximum atomic E-state index is 5.80. The van der Waals surface area contributed by atoms with Crippen LogP contribution in [0.5, 0.6) is 0 Å². The van der Waals surface area contributed by atoms with Crippen molar-refractivity contribution in [1.82, 2.24) is 9.97 Å². The molecule has 0 aliphatic heterocycles. The summed E-state index contributed by atoms with van der Waals surface area (Å²) in [6.45, 7) is 4.14. The van der Waals surface area contributed by atoms with Gasteiger partial charge in [0.1, 0.15) is 12.1 Å². The Kier molecular flexibility index (Phi) is 3.38. The molecule has 17 heavy (non-hydrogen) atoms. The highest BCUT2D eigenvalue weighted by Gasteiger charge is 2.07. The molecule has 0 fully saturated rings. The normalized spacial score (nSPS) is 10.5. The first-order valence-corrected chi connectivity index (χ1v) is 5.88. The Bertz CT molecular complexity index is 521. The number of hydrogen-bond acceptors (Lipinski definition) is 3. The van der Waals surface area contributed by atoms with Crippen LogP contribution in [-0.2, 0) is 6.42 Å². The molecule has 3 heteroatoms. The second-order valence-corrected chi connectivity index (χ2v) is 4.18. The molecule has 0 aliphatic carbocycles. The van der Waals surface area contributed by atoms with Crippen molar-refractivity contribution in [3.63, 3.8) is 0 Å². The van der Waals surface area contributed by atoms with E-state index in [-0.39, 0.29) is 0 Å². The van der Waals surface area contributed by atoms with Crippen molar-refractivity contribution in [2.24, 2.45) is 0 Å². The minimum Gasteiger partial charge on any atom is -0.383 e. The summed E-state index contributed by atoms with van der Waals surface area (Å²) in [5.41, 5.74) is 10.1. The average molecular weight is 227 g/mol. The van der Waals surface area contributed by atoms with E-state index in [1.807, 2.05) is 6.92 Å². The molecule has 0 aliphatic rings. The number of rotatable bonds is 3. The van der Waals surface area contributed by atoms with Gasteiger partial charge in [-0.25, -0.2) is 9.97 Å². The molecule has 0 radical (unpaired) electrons. The summed E-state index contributed by atoms with van der Waals surface area (Å²) in [4.78, 5) is 8.31. The zero-order chi connectivity index (χ0) is 12.3. The third kappa shape index (κ3) is 2.44. The predicted molar refractivity (Wildman–Crippen MR) is 70.6 cm³/mol. The molecule has 0 unspecified atom stereocenters. The molecule has 2 rings (SSSR count). The monoisotopic (exact) mass is 227 g/mol. The van der Waals surface area contributed by atoms with Crippen LogP contribution in [0.2, 0.25) is 0 Å². The number of nitrogen functional groups attached to an aromatic ring is 1. The second kappa shape index (κ2) is 4.95. The number of nitrogens with two attached hydrogens (primary N) is 1. The Morgan fingerprint density at radius 2 is 2.06 bits per heavy atom. The van der Waals surface area contributed by atoms with E-state index >= 15 is 0 Å². The van der Waals surface area contributed by atoms with Crippen molar-refractivity contribution in [3.05, 3.63) is 41.7 Å². The van der Waals surface area contributed by atoms with Crippen molar-refractivity contribution in [2.45, 2.75) is 26.7 Å². The van der Waals surface area contributed by atoms with Crippen LogP contribution in [0.3, 0.4) is 0 Å². The highest BCUT2D eigenvalue weighted by molar-refractivity contribution is 5.67. The number of aryl methyl sites for hydroxylation is 1. The first-order chi connectivity index (χ1) is 8.22. The van der Waals surface area contributed by atoms with E-state index in [1.165, 1.54) is 11.9 Å². The minimum absolute atomic E-state index is 0.552. The molecule has 0 bridgehead atoms. The summed E-state index contributed by atoms with van der Waals surface area (Å²) in [7, 11) is 0. The zero-order valence-corrected chi connectivity index (χ0v) is 10.3. The smallest absolute Gasteiger partial charge is 0.130 e. The molecule has 2 aromatic rings. The number of benzene rings is 1. The Labute approximate surface area is 102 Å². The fraction of sp³-hybridized carbons (Fsp3) is 0.286. The summed E-state index contributed by atoms with van der Waals surface area (Å²) in [6.07, 6.45) is 3.76. The lowest BCUT2D eigenvalue weighted by molar-refractivity contribution is 0.922. The molecule has 0 saturated carbocycles. The van der Waals surface area contributed by atoms with Crippen LogP contribution >= 0.6 is 0 Å². The first kappa shape index (κ1) is 11.6. The van der Waals surface area contributed by atoms with Gasteiger partial charge in [0.2, 0.25) is 0 Å². The van der Waals surface area contributed by atoms with E-state index in [4.69, 9.17) is 5.73 Å². The molecule has 0 spiro atoms. The highest BCUT2D eigenvalue weighted by atomic mass is 14.9. The van der Waals surface area contributed by atoms with Gasteiger partial charge in [-0.1, -0.05) is 31.5 Å². The van der Waals surface area contributed by atoms with Gasteiger partial charge in [-0.2, -0.15) is 0 Å². The topological polar surface area (TPSA) is 51.8 Å². The number of anilines is 1. The maximum Gasteiger partial charge on any atom is 0.130 e. The van der Waals surface area contributed by atoms with E-state index in [9.17, 15) is 0 Å². The van der Waals surface area contributed by atoms with E-state index in [0.717, 1.165) is 29.7 Å². The van der Waals surface area contributed by atoms with Crippen LogP contribution in [0.1, 0.15) is 24.5 Å². The van der Waals surface area contributed by atoms with Crippen molar-refractivity contribution < 1.29 is 0 Å². The SMILES string of the molecule is CCCc1cccc(-c2ncnc(N)c2C)c1. The van der Waals surface area contributed by atoms with E-state index < -0.39 is 0 Å². The summed E-state index contributed by atoms with van der Waals surface area (Å²) < 4.78 is 0. The number of nitrogens with zero attached hydrogens (tertiary/aromatic N) is 2. The quantitative estimate of drug-likeness (QED) is 0.877. The van der Waals surface area contributed by atoms with Crippen LogP contribution in [0.25, 0.3) is 11.3 Å². The molecule has 88 valence electrons. The van der Waals surface area contributed by atoms with E-state index in [2.05, 4.69) is 41.2 Å². The summed E-state index contributed by atoms with van der Waals surface area (Å²) >= 11 is 0. The minimum atomic E-state index is 0.552. The molecule has 1 heterocycles. The molecule has 1 aromatic carbocycles. The van der Waals surface area contributed by atoms with Gasteiger partial charge in [-0.15, -0.1) is 0 Å². The standard InChI is InChI=1S/C14H17N3/c1-3-5-11-6-4-7-12(8-11)13-10(2)14(15)17-9-16-13/h4,6-9H,3,5H2,1-2H3,(H2,15,16,17). The van der Waals surface area contributed by atoms with Crippen LogP contribution in [0.4, 0.5) is 5.82 Å². The molecule has 0 saturated heterocycles. The van der Waals surface area contributed by atoms with Crippen LogP contribution < -0.4 is 5.73 Å². The molecule has 2 N–H and O–H groups in total. The lowest BCUT2D eigenvalue weighted by Gasteiger charge is -2.08. The average Bonchev–Trinajstić information content (AvgIpc) is 2.33. The predicted octanol–water partition coefficient (Wildman–Crippen LogP) is 2.99. The lowest BCUT2D eigenvalue weighted by atomic mass is 10.0. The fourth-order valence-corrected chi connectivity index (χ4v) is 1.92. The van der Waals surface area contributed by atoms with Crippen molar-refractivity contribution >= 4 is 5.82 Å². The molecule has 3 nitrogen and oxygen atoms in total. The van der Waals surface area contributed by atoms with Gasteiger partial charge < -0.3 is 5.73 Å². The number of aromatic nitrogens is 2. The van der Waals surface area contributed by atoms with Gasteiger partial charge in [-0.3, -0.25) is 0 Å². The largest absolute Gasteiger partial charge is 0.383 e. The fourth-order valence-electron chi connectivity index (χ4n) is 1.92. The maximum absolute atomic E-state index is 5.80. The molecule has 0 amide bonds. The summed E-state index contributed by atoms with van der Waals surface area (Å²) in [6, 6.07) is 8.46. The van der Waals surface area contributed by atoms with E-state index in [1.54, 1.807) is 0 Å². The number of hydrogen-bond donors (Lipinski definition) is 1. The highest BCUT2D eigenvalue weighted by Crippen LogP contribution is 2.24. The summed E-state index contributed by atoms with van der Waals surface area (Å²) in [5.74, 6) is 0.552. The Hall–Kier alpha value is -1.90. The Morgan fingerprint density at radius 3 is 2.82 bits per heavy atom. The van der Waals surface area contributed by atoms with E-state index in [0.29, 0.717) is 5.82 Å². The molecular weight excluding hydrogens is 210 g/mol. The molecule has 1 aromatic heterocycles. The zero-order valence-electron chi connectivity index (χ0n) is 10.3.